The molecule has 9 nitrogen and oxygen atoms in total. The number of methoxy groups -OCH3 is 1. The van der Waals surface area contributed by atoms with Crippen LogP contribution in [-0.2, 0) is 22.7 Å². The third-order valence-electron chi connectivity index (χ3n) is 6.12. The molecule has 0 amide bonds. The molecule has 1 fully saturated rings. The third kappa shape index (κ3) is 5.15. The van der Waals surface area contributed by atoms with Gasteiger partial charge in [-0.25, -0.2) is 0 Å². The van der Waals surface area contributed by atoms with E-state index < -0.39 is 18.0 Å². The van der Waals surface area contributed by atoms with E-state index >= 15 is 0 Å². The number of fused-ring (bicyclic) bond motifs is 1. The zero-order chi connectivity index (χ0) is 23.4. The van der Waals surface area contributed by atoms with Crippen LogP contribution in [0.2, 0.25) is 0 Å². The summed E-state index contributed by atoms with van der Waals surface area (Å²) in [6.45, 7) is 3.78. The lowest BCUT2D eigenvalue weighted by Crippen LogP contribution is -2.48. The zero-order valence-corrected chi connectivity index (χ0v) is 18.6. The second-order valence-corrected chi connectivity index (χ2v) is 8.22. The zero-order valence-electron chi connectivity index (χ0n) is 18.6. The fraction of sp³-hybridized carbons (Fsp3) is 0.375. The molecule has 1 aliphatic rings. The van der Waals surface area contributed by atoms with Crippen molar-refractivity contribution in [2.45, 2.75) is 25.6 Å². The number of aliphatic carboxylic acids is 2. The number of hydrogen-bond acceptors (Lipinski definition) is 6. The minimum absolute atomic E-state index is 0.0417. The monoisotopic (exact) mass is 452 g/mol. The van der Waals surface area contributed by atoms with Crippen molar-refractivity contribution in [1.82, 2.24) is 19.4 Å². The molecule has 1 aliphatic heterocycles. The van der Waals surface area contributed by atoms with E-state index in [-0.39, 0.29) is 13.0 Å². The molecule has 33 heavy (non-hydrogen) atoms. The maximum absolute atomic E-state index is 12.4. The molecule has 2 aromatic heterocycles. The lowest BCUT2D eigenvalue weighted by Gasteiger charge is -2.37. The SMILES string of the molecule is COc1ccc2c(c1)c([C@H](C(=O)O)N1CCN(Cc3cccnc3)CC1)cn2CCC(=O)O. The van der Waals surface area contributed by atoms with E-state index in [0.717, 1.165) is 36.1 Å². The minimum atomic E-state index is -0.921. The molecule has 4 rings (SSSR count). The average molecular weight is 453 g/mol. The molecule has 0 spiro atoms. The summed E-state index contributed by atoms with van der Waals surface area (Å²) in [5, 5.41) is 20.1. The van der Waals surface area contributed by atoms with Crippen LogP contribution in [0.3, 0.4) is 0 Å². The maximum atomic E-state index is 12.4. The van der Waals surface area contributed by atoms with Crippen LogP contribution in [-0.4, -0.2) is 74.8 Å². The van der Waals surface area contributed by atoms with Crippen molar-refractivity contribution in [3.05, 3.63) is 60.0 Å². The number of benzene rings is 1. The van der Waals surface area contributed by atoms with Gasteiger partial charge in [0, 0.05) is 74.3 Å². The molecule has 3 heterocycles. The first-order valence-corrected chi connectivity index (χ1v) is 10.9. The second-order valence-electron chi connectivity index (χ2n) is 8.22. The number of aryl methyl sites for hydroxylation is 1. The Bertz CT molecular complexity index is 1120. The molecule has 0 aliphatic carbocycles. The normalized spacial score (nSPS) is 16.0. The van der Waals surface area contributed by atoms with Crippen LogP contribution < -0.4 is 4.74 Å². The smallest absolute Gasteiger partial charge is 0.325 e. The van der Waals surface area contributed by atoms with Crippen LogP contribution in [0.5, 0.6) is 5.75 Å². The van der Waals surface area contributed by atoms with Gasteiger partial charge in [0.25, 0.3) is 0 Å². The van der Waals surface area contributed by atoms with E-state index in [9.17, 15) is 14.7 Å². The van der Waals surface area contributed by atoms with Crippen molar-refractivity contribution < 1.29 is 24.5 Å². The summed E-state index contributed by atoms with van der Waals surface area (Å²) in [7, 11) is 1.57. The summed E-state index contributed by atoms with van der Waals surface area (Å²) in [4.78, 5) is 32.0. The molecular weight excluding hydrogens is 424 g/mol. The Morgan fingerprint density at radius 2 is 1.94 bits per heavy atom. The van der Waals surface area contributed by atoms with Crippen LogP contribution in [0.15, 0.2) is 48.9 Å². The first kappa shape index (κ1) is 22.8. The number of pyridine rings is 1. The Hall–Kier alpha value is -3.43. The van der Waals surface area contributed by atoms with Crippen molar-refractivity contribution >= 4 is 22.8 Å². The summed E-state index contributed by atoms with van der Waals surface area (Å²) in [5.41, 5.74) is 2.59. The highest BCUT2D eigenvalue weighted by molar-refractivity contribution is 5.90. The number of carboxylic acids is 2. The van der Waals surface area contributed by atoms with Crippen LogP contribution in [0.25, 0.3) is 10.9 Å². The minimum Gasteiger partial charge on any atom is -0.497 e. The van der Waals surface area contributed by atoms with Gasteiger partial charge >= 0.3 is 11.9 Å². The summed E-state index contributed by atoms with van der Waals surface area (Å²) in [6, 6.07) is 8.61. The van der Waals surface area contributed by atoms with Gasteiger partial charge in [-0.1, -0.05) is 6.07 Å². The molecule has 3 aromatic rings. The second kappa shape index (κ2) is 10.0. The Morgan fingerprint density at radius 3 is 2.58 bits per heavy atom. The Morgan fingerprint density at radius 1 is 1.15 bits per heavy atom. The van der Waals surface area contributed by atoms with E-state index in [1.807, 2.05) is 39.9 Å². The highest BCUT2D eigenvalue weighted by Gasteiger charge is 2.33. The largest absolute Gasteiger partial charge is 0.497 e. The summed E-state index contributed by atoms with van der Waals surface area (Å²) >= 11 is 0. The molecule has 0 bridgehead atoms. The number of rotatable bonds is 9. The Balaban J connectivity index is 1.59. The number of carbonyl (C=O) groups is 2. The van der Waals surface area contributed by atoms with Gasteiger partial charge in [0.1, 0.15) is 11.8 Å². The highest BCUT2D eigenvalue weighted by Crippen LogP contribution is 2.34. The number of aromatic nitrogens is 2. The van der Waals surface area contributed by atoms with Gasteiger partial charge < -0.3 is 19.5 Å². The van der Waals surface area contributed by atoms with Crippen LogP contribution >= 0.6 is 0 Å². The number of hydrogen-bond donors (Lipinski definition) is 2. The van der Waals surface area contributed by atoms with Crippen molar-refractivity contribution in [2.24, 2.45) is 0 Å². The standard InChI is InChI=1S/C24H28N4O5/c1-33-18-4-5-21-19(13-18)20(16-28(21)8-6-22(29)30)23(24(31)32)27-11-9-26(10-12-27)15-17-3-2-7-25-14-17/h2-5,7,13-14,16,23H,6,8-12,15H2,1H3,(H,29,30)(H,31,32)/t23-/m1/s1. The molecule has 0 saturated carbocycles. The van der Waals surface area contributed by atoms with Crippen LogP contribution in [0.4, 0.5) is 0 Å². The lowest BCUT2D eigenvalue weighted by atomic mass is 10.0. The summed E-state index contributed by atoms with van der Waals surface area (Å²) in [6.07, 6.45) is 5.35. The van der Waals surface area contributed by atoms with Gasteiger partial charge in [-0.05, 0) is 29.8 Å². The van der Waals surface area contributed by atoms with Gasteiger partial charge in [-0.2, -0.15) is 0 Å². The quantitative estimate of drug-likeness (QED) is 0.510. The molecule has 9 heteroatoms. The topological polar surface area (TPSA) is 108 Å². The molecule has 2 N–H and O–H groups in total. The number of nitrogens with zero attached hydrogens (tertiary/aromatic N) is 4. The van der Waals surface area contributed by atoms with Crippen molar-refractivity contribution in [3.8, 4) is 5.75 Å². The van der Waals surface area contributed by atoms with E-state index in [2.05, 4.69) is 9.88 Å². The van der Waals surface area contributed by atoms with Crippen molar-refractivity contribution in [3.63, 3.8) is 0 Å². The highest BCUT2D eigenvalue weighted by atomic mass is 16.5. The summed E-state index contributed by atoms with van der Waals surface area (Å²) in [5.74, 6) is -1.19. The fourth-order valence-electron chi connectivity index (χ4n) is 4.47. The van der Waals surface area contributed by atoms with Crippen LogP contribution in [0, 0.1) is 0 Å². The molecule has 174 valence electrons. The van der Waals surface area contributed by atoms with E-state index in [1.165, 1.54) is 0 Å². The number of carboxylic acid groups (broad SMARTS) is 2. The van der Waals surface area contributed by atoms with Gasteiger partial charge in [0.05, 0.1) is 13.5 Å². The van der Waals surface area contributed by atoms with Gasteiger partial charge in [0.2, 0.25) is 0 Å². The van der Waals surface area contributed by atoms with E-state index in [0.29, 0.717) is 24.4 Å². The first-order valence-electron chi connectivity index (χ1n) is 10.9. The predicted molar refractivity (Wildman–Crippen MR) is 122 cm³/mol. The third-order valence-corrected chi connectivity index (χ3v) is 6.12. The maximum Gasteiger partial charge on any atom is 0.325 e. The van der Waals surface area contributed by atoms with Crippen molar-refractivity contribution in [1.29, 1.82) is 0 Å². The fourth-order valence-corrected chi connectivity index (χ4v) is 4.47. The average Bonchev–Trinajstić information content (AvgIpc) is 3.16. The van der Waals surface area contributed by atoms with Crippen LogP contribution in [0.1, 0.15) is 23.6 Å². The molecule has 0 radical (unpaired) electrons. The Labute approximate surface area is 191 Å². The van der Waals surface area contributed by atoms with Gasteiger partial charge in [-0.15, -0.1) is 0 Å². The summed E-state index contributed by atoms with van der Waals surface area (Å²) < 4.78 is 7.19. The molecule has 1 aromatic carbocycles. The van der Waals surface area contributed by atoms with Gasteiger partial charge in [0.15, 0.2) is 0 Å². The molecule has 0 unspecified atom stereocenters. The lowest BCUT2D eigenvalue weighted by molar-refractivity contribution is -0.144. The predicted octanol–water partition coefficient (Wildman–Crippen LogP) is 2.46. The number of ether oxygens (including phenoxy) is 1. The molecular formula is C24H28N4O5. The van der Waals surface area contributed by atoms with Gasteiger partial charge in [-0.3, -0.25) is 24.4 Å². The molecule has 1 saturated heterocycles. The van der Waals surface area contributed by atoms with E-state index in [1.54, 1.807) is 25.6 Å². The Kier molecular flexibility index (Phi) is 6.90. The van der Waals surface area contributed by atoms with E-state index in [4.69, 9.17) is 9.84 Å². The first-order chi connectivity index (χ1) is 16.0. The van der Waals surface area contributed by atoms with Crippen molar-refractivity contribution in [2.75, 3.05) is 33.3 Å². The number of piperazine rings is 1. The molecule has 1 atom stereocenters.